The van der Waals surface area contributed by atoms with Crippen LogP contribution >= 0.6 is 0 Å². The fourth-order valence-corrected chi connectivity index (χ4v) is 4.42. The molecule has 0 aromatic heterocycles. The minimum atomic E-state index is -0.730. The lowest BCUT2D eigenvalue weighted by atomic mass is 10.0. The Balaban J connectivity index is 1.52. The van der Waals surface area contributed by atoms with Crippen LogP contribution in [0.4, 0.5) is 0 Å². The third kappa shape index (κ3) is 8.89. The van der Waals surface area contributed by atoms with Crippen LogP contribution in [0.2, 0.25) is 0 Å². The van der Waals surface area contributed by atoms with E-state index >= 15 is 0 Å². The lowest BCUT2D eigenvalue weighted by Crippen LogP contribution is -2.16. The van der Waals surface area contributed by atoms with Gasteiger partial charge in [-0.3, -0.25) is 9.59 Å². The molecule has 0 spiro atoms. The summed E-state index contributed by atoms with van der Waals surface area (Å²) in [5.74, 6) is -1.52. The quantitative estimate of drug-likeness (QED) is 0.0358. The SMILES string of the molecule is CCOC(=O)/C(=C\c1ccccc1OCCOc1ccccc1/C=C(\C(=O)OCC)C(=O)c1ccccc1)C(=O)c1ccccc1. The van der Waals surface area contributed by atoms with Crippen molar-refractivity contribution in [1.29, 1.82) is 0 Å². The highest BCUT2D eigenvalue weighted by Gasteiger charge is 2.23. The zero-order chi connectivity index (χ0) is 32.7. The Labute approximate surface area is 267 Å². The molecule has 0 N–H and O–H groups in total. The first-order chi connectivity index (χ1) is 22.4. The van der Waals surface area contributed by atoms with Crippen molar-refractivity contribution in [2.24, 2.45) is 0 Å². The molecule has 8 nitrogen and oxygen atoms in total. The van der Waals surface area contributed by atoms with Crippen LogP contribution in [0.1, 0.15) is 45.7 Å². The number of hydrogen-bond donors (Lipinski definition) is 0. The van der Waals surface area contributed by atoms with Gasteiger partial charge in [-0.1, -0.05) is 97.1 Å². The number of benzene rings is 4. The van der Waals surface area contributed by atoms with Crippen LogP contribution in [0.5, 0.6) is 11.5 Å². The second-order valence-corrected chi connectivity index (χ2v) is 9.72. The van der Waals surface area contributed by atoms with Gasteiger partial charge in [-0.15, -0.1) is 0 Å². The molecule has 0 saturated carbocycles. The van der Waals surface area contributed by atoms with E-state index in [-0.39, 0.29) is 37.6 Å². The summed E-state index contributed by atoms with van der Waals surface area (Å²) in [5, 5.41) is 0. The highest BCUT2D eigenvalue weighted by molar-refractivity contribution is 6.27. The lowest BCUT2D eigenvalue weighted by molar-refractivity contribution is -0.138. The molecule has 0 aliphatic heterocycles. The Morgan fingerprint density at radius 3 is 1.22 bits per heavy atom. The average Bonchev–Trinajstić information content (AvgIpc) is 3.09. The number of para-hydroxylation sites is 2. The van der Waals surface area contributed by atoms with Crippen molar-refractivity contribution in [3.05, 3.63) is 143 Å². The van der Waals surface area contributed by atoms with Crippen LogP contribution in [0.25, 0.3) is 12.2 Å². The molecule has 0 bridgehead atoms. The van der Waals surface area contributed by atoms with Gasteiger partial charge in [0.2, 0.25) is 0 Å². The smallest absolute Gasteiger partial charge is 0.342 e. The van der Waals surface area contributed by atoms with Crippen molar-refractivity contribution in [1.82, 2.24) is 0 Å². The number of hydrogen-bond acceptors (Lipinski definition) is 8. The summed E-state index contributed by atoms with van der Waals surface area (Å²) in [4.78, 5) is 52.0. The summed E-state index contributed by atoms with van der Waals surface area (Å²) in [6.07, 6.45) is 2.93. The molecule has 4 aromatic carbocycles. The maximum absolute atomic E-state index is 13.2. The van der Waals surface area contributed by atoms with E-state index < -0.39 is 23.5 Å². The average molecular weight is 619 g/mol. The van der Waals surface area contributed by atoms with Crippen molar-refractivity contribution >= 4 is 35.7 Å². The van der Waals surface area contributed by atoms with E-state index in [9.17, 15) is 19.2 Å². The summed E-state index contributed by atoms with van der Waals surface area (Å²) < 4.78 is 22.3. The van der Waals surface area contributed by atoms with Gasteiger partial charge in [-0.2, -0.15) is 0 Å². The van der Waals surface area contributed by atoms with E-state index in [1.807, 2.05) is 0 Å². The maximum Gasteiger partial charge on any atom is 0.342 e. The standard InChI is InChI=1S/C38H34O8/c1-3-43-37(41)31(35(39)27-15-7-5-8-16-27)25-29-19-11-13-21-33(29)45-23-24-46-34-22-14-12-20-30(34)26-32(38(42)44-4-2)36(40)28-17-9-6-10-18-28/h5-22,25-26H,3-4,23-24H2,1-2H3/b31-25-,32-26-. The molecule has 4 aromatic rings. The molecule has 46 heavy (non-hydrogen) atoms. The molecule has 0 fully saturated rings. The second kappa shape index (κ2) is 16.9. The molecule has 0 aliphatic rings. The molecule has 234 valence electrons. The van der Waals surface area contributed by atoms with Gasteiger partial charge in [0.25, 0.3) is 0 Å². The predicted octanol–water partition coefficient (Wildman–Crippen LogP) is 6.80. The number of ketones is 2. The number of Topliss-reactive ketones (excluding diaryl/α,β-unsaturated/α-hetero) is 2. The molecular weight excluding hydrogens is 584 g/mol. The third-order valence-electron chi connectivity index (χ3n) is 6.59. The molecular formula is C38H34O8. The molecule has 0 radical (unpaired) electrons. The Morgan fingerprint density at radius 1 is 0.500 bits per heavy atom. The number of ether oxygens (including phenoxy) is 4. The number of rotatable bonds is 15. The highest BCUT2D eigenvalue weighted by atomic mass is 16.5. The molecule has 0 aliphatic carbocycles. The van der Waals surface area contributed by atoms with Crippen molar-refractivity contribution < 1.29 is 38.1 Å². The van der Waals surface area contributed by atoms with E-state index in [4.69, 9.17) is 18.9 Å². The van der Waals surface area contributed by atoms with Crippen molar-refractivity contribution in [3.8, 4) is 11.5 Å². The molecule has 0 heterocycles. The Kier molecular flexibility index (Phi) is 12.2. The van der Waals surface area contributed by atoms with Gasteiger partial charge in [-0.05, 0) is 38.1 Å². The molecule has 0 unspecified atom stereocenters. The topological polar surface area (TPSA) is 105 Å². The lowest BCUT2D eigenvalue weighted by Gasteiger charge is -2.13. The van der Waals surface area contributed by atoms with Gasteiger partial charge in [-0.25, -0.2) is 9.59 Å². The Hall–Kier alpha value is -5.76. The normalized spacial score (nSPS) is 11.3. The Bertz CT molecular complexity index is 1590. The van der Waals surface area contributed by atoms with Gasteiger partial charge in [0.05, 0.1) is 13.2 Å². The minimum Gasteiger partial charge on any atom is -0.489 e. The minimum absolute atomic E-state index is 0.109. The van der Waals surface area contributed by atoms with Crippen molar-refractivity contribution in [2.75, 3.05) is 26.4 Å². The third-order valence-corrected chi connectivity index (χ3v) is 6.59. The number of carbonyl (C=O) groups is 4. The number of esters is 2. The maximum atomic E-state index is 13.2. The first kappa shape index (κ1) is 33.1. The summed E-state index contributed by atoms with van der Waals surface area (Å²) >= 11 is 0. The van der Waals surface area contributed by atoms with Gasteiger partial charge in [0, 0.05) is 22.3 Å². The summed E-state index contributed by atoms with van der Waals surface area (Å²) in [6, 6.07) is 31.0. The van der Waals surface area contributed by atoms with Crippen LogP contribution < -0.4 is 9.47 Å². The van der Waals surface area contributed by atoms with Crippen molar-refractivity contribution in [2.45, 2.75) is 13.8 Å². The number of carbonyl (C=O) groups excluding carboxylic acids is 4. The molecule has 4 rings (SSSR count). The summed E-state index contributed by atoms with van der Waals surface area (Å²) in [7, 11) is 0. The first-order valence-electron chi connectivity index (χ1n) is 14.8. The predicted molar refractivity (Wildman–Crippen MR) is 175 cm³/mol. The van der Waals surface area contributed by atoms with Gasteiger partial charge < -0.3 is 18.9 Å². The second-order valence-electron chi connectivity index (χ2n) is 9.72. The summed E-state index contributed by atoms with van der Waals surface area (Å²) in [6.45, 7) is 3.80. The van der Waals surface area contributed by atoms with Crippen LogP contribution in [-0.2, 0) is 19.1 Å². The van der Waals surface area contributed by atoms with Crippen LogP contribution in [-0.4, -0.2) is 49.9 Å². The molecule has 0 amide bonds. The van der Waals surface area contributed by atoms with Crippen LogP contribution in [0.15, 0.2) is 120 Å². The Morgan fingerprint density at radius 2 is 0.848 bits per heavy atom. The zero-order valence-electron chi connectivity index (χ0n) is 25.6. The van der Waals surface area contributed by atoms with E-state index in [1.54, 1.807) is 123 Å². The fourth-order valence-electron chi connectivity index (χ4n) is 4.42. The fraction of sp³-hybridized carbons (Fsp3) is 0.158. The van der Waals surface area contributed by atoms with E-state index in [0.717, 1.165) is 0 Å². The van der Waals surface area contributed by atoms with Crippen LogP contribution in [0, 0.1) is 0 Å². The van der Waals surface area contributed by atoms with Gasteiger partial charge in [0.15, 0.2) is 11.6 Å². The van der Waals surface area contributed by atoms with Crippen LogP contribution in [0.3, 0.4) is 0 Å². The summed E-state index contributed by atoms with van der Waals surface area (Å²) in [5.41, 5.74) is 1.50. The molecule has 0 saturated heterocycles. The van der Waals surface area contributed by atoms with E-state index in [0.29, 0.717) is 33.8 Å². The monoisotopic (exact) mass is 618 g/mol. The van der Waals surface area contributed by atoms with Gasteiger partial charge >= 0.3 is 11.9 Å². The first-order valence-corrected chi connectivity index (χ1v) is 14.8. The van der Waals surface area contributed by atoms with Crippen molar-refractivity contribution in [3.63, 3.8) is 0 Å². The largest absolute Gasteiger partial charge is 0.489 e. The highest BCUT2D eigenvalue weighted by Crippen LogP contribution is 2.25. The molecule has 0 atom stereocenters. The van der Waals surface area contributed by atoms with Gasteiger partial charge in [0.1, 0.15) is 35.9 Å². The molecule has 8 heteroatoms. The zero-order valence-corrected chi connectivity index (χ0v) is 25.6. The van der Waals surface area contributed by atoms with E-state index in [2.05, 4.69) is 0 Å². The van der Waals surface area contributed by atoms with E-state index in [1.165, 1.54) is 12.2 Å².